The number of allylic oxidation sites excluding steroid dienone is 2. The van der Waals surface area contributed by atoms with E-state index >= 15 is 0 Å². The zero-order valence-electron chi connectivity index (χ0n) is 10.7. The van der Waals surface area contributed by atoms with Crippen LogP contribution >= 0.6 is 15.9 Å². The molecule has 0 heterocycles. The van der Waals surface area contributed by atoms with Gasteiger partial charge < -0.3 is 10.0 Å². The third-order valence-corrected chi connectivity index (χ3v) is 4.32. The van der Waals surface area contributed by atoms with Crippen LogP contribution in [0.4, 0.5) is 0 Å². The number of fused-ring (bicyclic) bond motifs is 1. The van der Waals surface area contributed by atoms with Crippen molar-refractivity contribution in [3.8, 4) is 5.75 Å². The Morgan fingerprint density at radius 1 is 1.24 bits per heavy atom. The van der Waals surface area contributed by atoms with Crippen molar-refractivity contribution in [3.63, 3.8) is 0 Å². The van der Waals surface area contributed by atoms with E-state index in [0.717, 1.165) is 4.90 Å². The lowest BCUT2D eigenvalue weighted by molar-refractivity contribution is 0.0956. The summed E-state index contributed by atoms with van der Waals surface area (Å²) in [7, 11) is -3.11. The molecule has 0 saturated carbocycles. The molecule has 0 amide bonds. The Hall–Kier alpha value is -1.71. The van der Waals surface area contributed by atoms with E-state index < -0.39 is 27.6 Å². The molecule has 7 nitrogen and oxygen atoms in total. The van der Waals surface area contributed by atoms with Gasteiger partial charge in [0.25, 0.3) is 10.1 Å². The molecule has 0 atom stereocenters. The molecule has 0 spiro atoms. The summed E-state index contributed by atoms with van der Waals surface area (Å²) >= 11 is 2.95. The van der Waals surface area contributed by atoms with Crippen LogP contribution in [0.25, 0.3) is 0 Å². The number of carbonyl (C=O) groups is 2. The molecule has 9 heteroatoms. The maximum absolute atomic E-state index is 12.4. The topological polar surface area (TPSA) is 112 Å². The second kappa shape index (κ2) is 5.24. The maximum Gasteiger partial charge on any atom is 0.283 e. The number of nitrogens with zero attached hydrogens (tertiary/aromatic N) is 1. The van der Waals surface area contributed by atoms with Crippen molar-refractivity contribution in [2.75, 3.05) is 12.9 Å². The van der Waals surface area contributed by atoms with E-state index in [9.17, 15) is 23.1 Å². The van der Waals surface area contributed by atoms with Crippen LogP contribution in [0.2, 0.25) is 0 Å². The smallest absolute Gasteiger partial charge is 0.283 e. The molecular weight excluding hydrogens is 366 g/mol. The highest BCUT2D eigenvalue weighted by Gasteiger charge is 2.35. The van der Waals surface area contributed by atoms with Gasteiger partial charge in [-0.1, -0.05) is 6.07 Å². The van der Waals surface area contributed by atoms with Crippen molar-refractivity contribution in [2.45, 2.75) is 0 Å². The van der Waals surface area contributed by atoms with Crippen molar-refractivity contribution >= 4 is 37.6 Å². The number of carbonyl (C=O) groups excluding carboxylic acids is 2. The van der Waals surface area contributed by atoms with Crippen LogP contribution in [0.1, 0.15) is 20.7 Å². The molecular formula is C12H10BrNO6S. The Kier molecular flexibility index (Phi) is 3.91. The largest absolute Gasteiger partial charge is 0.507 e. The number of Topliss-reactive ketones (excluding diaryl/α,β-unsaturated/α-hetero) is 2. The lowest BCUT2D eigenvalue weighted by atomic mass is 9.91. The Balaban J connectivity index is 2.57. The van der Waals surface area contributed by atoms with Crippen molar-refractivity contribution in [2.24, 2.45) is 0 Å². The third-order valence-electron chi connectivity index (χ3n) is 2.87. The van der Waals surface area contributed by atoms with Crippen molar-refractivity contribution in [1.29, 1.82) is 0 Å². The molecule has 0 aliphatic heterocycles. The van der Waals surface area contributed by atoms with Gasteiger partial charge in [0, 0.05) is 12.6 Å². The number of ketones is 2. The number of hydrogen-bond acceptors (Lipinski definition) is 6. The van der Waals surface area contributed by atoms with Gasteiger partial charge in [-0.2, -0.15) is 8.42 Å². The number of hydrogen-bond donors (Lipinski definition) is 2. The van der Waals surface area contributed by atoms with Crippen molar-refractivity contribution in [3.05, 3.63) is 39.5 Å². The van der Waals surface area contributed by atoms with E-state index in [-0.39, 0.29) is 27.1 Å². The number of aromatic hydroxyl groups is 1. The third kappa shape index (κ3) is 2.85. The van der Waals surface area contributed by atoms with E-state index in [0.29, 0.717) is 0 Å². The minimum absolute atomic E-state index is 0.0274. The van der Waals surface area contributed by atoms with Crippen LogP contribution in [0.15, 0.2) is 28.4 Å². The molecule has 21 heavy (non-hydrogen) atoms. The lowest BCUT2D eigenvalue weighted by Crippen LogP contribution is -2.33. The highest BCUT2D eigenvalue weighted by molar-refractivity contribution is 9.12. The van der Waals surface area contributed by atoms with E-state index in [1.165, 1.54) is 25.2 Å². The summed E-state index contributed by atoms with van der Waals surface area (Å²) in [5, 5.41) is 9.71. The zero-order valence-corrected chi connectivity index (χ0v) is 13.1. The van der Waals surface area contributed by atoms with Crippen LogP contribution in [0.3, 0.4) is 0 Å². The molecule has 0 aromatic heterocycles. The quantitative estimate of drug-likeness (QED) is 0.762. The molecule has 2 N–H and O–H groups in total. The summed E-state index contributed by atoms with van der Waals surface area (Å²) < 4.78 is 30.5. The summed E-state index contributed by atoms with van der Waals surface area (Å²) in [6.07, 6.45) is 0. The molecule has 1 aromatic carbocycles. The lowest BCUT2D eigenvalue weighted by Gasteiger charge is -2.25. The van der Waals surface area contributed by atoms with Gasteiger partial charge in [0.1, 0.15) is 17.3 Å². The Morgan fingerprint density at radius 2 is 1.86 bits per heavy atom. The highest BCUT2D eigenvalue weighted by Crippen LogP contribution is 2.35. The molecule has 0 saturated heterocycles. The molecule has 0 fully saturated rings. The Labute approximate surface area is 128 Å². The zero-order chi connectivity index (χ0) is 15.9. The number of likely N-dealkylation sites (N-methyl/N-ethyl adjacent to an activating group) is 1. The fourth-order valence-corrected chi connectivity index (χ4v) is 3.36. The summed E-state index contributed by atoms with van der Waals surface area (Å²) in [5.41, 5.74) is -0.366. The average molecular weight is 376 g/mol. The average Bonchev–Trinajstić information content (AvgIpc) is 2.34. The first-order chi connectivity index (χ1) is 9.63. The summed E-state index contributed by atoms with van der Waals surface area (Å²) in [6, 6.07) is 4.03. The first kappa shape index (κ1) is 15.7. The molecule has 0 bridgehead atoms. The molecule has 0 unspecified atom stereocenters. The van der Waals surface area contributed by atoms with Gasteiger partial charge in [0.05, 0.1) is 10.0 Å². The monoisotopic (exact) mass is 375 g/mol. The van der Waals surface area contributed by atoms with E-state index in [2.05, 4.69) is 15.9 Å². The second-order valence-corrected chi connectivity index (χ2v) is 6.64. The fraction of sp³-hybridized carbons (Fsp3) is 0.167. The number of benzene rings is 1. The van der Waals surface area contributed by atoms with Crippen LogP contribution in [-0.2, 0) is 10.1 Å². The van der Waals surface area contributed by atoms with Gasteiger partial charge in [-0.3, -0.25) is 14.1 Å². The predicted molar refractivity (Wildman–Crippen MR) is 76.9 cm³/mol. The SMILES string of the molecule is CN(CS(=O)(=O)O)C1=C(Br)C(=O)c2c(O)cccc2C1=O. The van der Waals surface area contributed by atoms with Crippen molar-refractivity contribution in [1.82, 2.24) is 4.90 Å². The fourth-order valence-electron chi connectivity index (χ4n) is 2.06. The summed E-state index contributed by atoms with van der Waals surface area (Å²) in [5.74, 6) is -2.44. The number of halogens is 1. The van der Waals surface area contributed by atoms with Crippen LogP contribution in [0.5, 0.6) is 5.75 Å². The number of phenolic OH excluding ortho intramolecular Hbond substituents is 1. The second-order valence-electron chi connectivity index (χ2n) is 4.43. The minimum atomic E-state index is -4.36. The molecule has 2 rings (SSSR count). The van der Waals surface area contributed by atoms with Crippen molar-refractivity contribution < 1.29 is 27.7 Å². The van der Waals surface area contributed by atoms with Gasteiger partial charge in [0.2, 0.25) is 11.6 Å². The normalized spacial score (nSPS) is 15.2. The number of rotatable bonds is 3. The van der Waals surface area contributed by atoms with Gasteiger partial charge in [-0.25, -0.2) is 0 Å². The van der Waals surface area contributed by atoms with Crippen LogP contribution < -0.4 is 0 Å². The molecule has 1 aromatic rings. The standard InChI is InChI=1S/C12H10BrNO6S/c1-14(5-21(18,19)20)10-9(13)12(17)8-6(11(10)16)3-2-4-7(8)15/h2-4,15H,5H2,1H3,(H,18,19,20). The maximum atomic E-state index is 12.4. The Morgan fingerprint density at radius 3 is 2.43 bits per heavy atom. The van der Waals surface area contributed by atoms with Crippen LogP contribution in [0, 0.1) is 0 Å². The molecule has 1 aliphatic rings. The first-order valence-corrected chi connectivity index (χ1v) is 8.01. The van der Waals surface area contributed by atoms with Gasteiger partial charge in [-0.15, -0.1) is 0 Å². The van der Waals surface area contributed by atoms with E-state index in [4.69, 9.17) is 4.55 Å². The highest BCUT2D eigenvalue weighted by atomic mass is 79.9. The Bertz CT molecular complexity index is 783. The molecule has 0 radical (unpaired) electrons. The van der Waals surface area contributed by atoms with Gasteiger partial charge in [0.15, 0.2) is 0 Å². The van der Waals surface area contributed by atoms with Crippen LogP contribution in [-0.4, -0.2) is 47.5 Å². The van der Waals surface area contributed by atoms with E-state index in [1.54, 1.807) is 0 Å². The van der Waals surface area contributed by atoms with Gasteiger partial charge in [-0.05, 0) is 28.1 Å². The van der Waals surface area contributed by atoms with Gasteiger partial charge >= 0.3 is 0 Å². The first-order valence-electron chi connectivity index (χ1n) is 5.61. The molecule has 1 aliphatic carbocycles. The predicted octanol–water partition coefficient (Wildman–Crippen LogP) is 1.15. The summed E-state index contributed by atoms with van der Waals surface area (Å²) in [6.45, 7) is 0. The number of phenols is 1. The minimum Gasteiger partial charge on any atom is -0.507 e. The van der Waals surface area contributed by atoms with E-state index in [1.807, 2.05) is 0 Å². The molecule has 112 valence electrons. The summed E-state index contributed by atoms with van der Waals surface area (Å²) in [4.78, 5) is 25.5.